The van der Waals surface area contributed by atoms with Crippen molar-refractivity contribution < 1.29 is 0 Å². The molecule has 3 heteroatoms. The summed E-state index contributed by atoms with van der Waals surface area (Å²) in [7, 11) is 1.90. The monoisotopic (exact) mass is 249 g/mol. The normalized spacial score (nSPS) is 10.4. The van der Waals surface area contributed by atoms with E-state index in [1.165, 1.54) is 0 Å². The molecule has 1 aromatic heterocycles. The Labute approximate surface area is 112 Å². The minimum Gasteiger partial charge on any atom is -0.373 e. The number of aromatic amines is 1. The van der Waals surface area contributed by atoms with Crippen LogP contribution in [-0.4, -0.2) is 17.2 Å². The second-order valence-electron chi connectivity index (χ2n) is 4.30. The maximum atomic E-state index is 4.45. The second-order valence-corrected chi connectivity index (χ2v) is 4.30. The van der Waals surface area contributed by atoms with Gasteiger partial charge < -0.3 is 5.32 Å². The molecule has 1 heterocycles. The van der Waals surface area contributed by atoms with E-state index in [9.17, 15) is 0 Å². The Kier molecular flexibility index (Phi) is 3.02. The van der Waals surface area contributed by atoms with Crippen LogP contribution >= 0.6 is 0 Å². The van der Waals surface area contributed by atoms with Crippen molar-refractivity contribution in [2.24, 2.45) is 0 Å². The third-order valence-corrected chi connectivity index (χ3v) is 3.13. The third kappa shape index (κ3) is 2.10. The first-order chi connectivity index (χ1) is 9.40. The highest BCUT2D eigenvalue weighted by atomic mass is 15.2. The number of rotatable bonds is 3. The van der Waals surface area contributed by atoms with Crippen molar-refractivity contribution in [3.05, 3.63) is 60.7 Å². The molecule has 0 saturated carbocycles. The Morgan fingerprint density at radius 3 is 2.00 bits per heavy atom. The van der Waals surface area contributed by atoms with Crippen LogP contribution in [0.4, 0.5) is 5.82 Å². The van der Waals surface area contributed by atoms with Gasteiger partial charge in [-0.15, -0.1) is 0 Å². The molecule has 0 unspecified atom stereocenters. The molecule has 2 N–H and O–H groups in total. The second kappa shape index (κ2) is 4.98. The first kappa shape index (κ1) is 11.5. The van der Waals surface area contributed by atoms with Crippen molar-refractivity contribution in [2.45, 2.75) is 0 Å². The molecule has 94 valence electrons. The van der Waals surface area contributed by atoms with E-state index in [1.54, 1.807) is 0 Å². The highest BCUT2D eigenvalue weighted by Gasteiger charge is 2.15. The maximum absolute atomic E-state index is 4.45. The molecular weight excluding hydrogens is 234 g/mol. The summed E-state index contributed by atoms with van der Waals surface area (Å²) in [5.74, 6) is 0.935. The molecule has 2 aromatic carbocycles. The largest absolute Gasteiger partial charge is 0.373 e. The number of nitrogens with zero attached hydrogens (tertiary/aromatic N) is 1. The lowest BCUT2D eigenvalue weighted by Crippen LogP contribution is -1.90. The van der Waals surface area contributed by atoms with Gasteiger partial charge in [0.2, 0.25) is 0 Å². The fourth-order valence-corrected chi connectivity index (χ4v) is 2.21. The summed E-state index contributed by atoms with van der Waals surface area (Å²) in [5, 5.41) is 10.7. The lowest BCUT2D eigenvalue weighted by molar-refractivity contribution is 1.09. The zero-order valence-electron chi connectivity index (χ0n) is 10.7. The lowest BCUT2D eigenvalue weighted by atomic mass is 10.0. The van der Waals surface area contributed by atoms with E-state index in [0.717, 1.165) is 28.2 Å². The molecule has 19 heavy (non-hydrogen) atoms. The van der Waals surface area contributed by atoms with E-state index in [1.807, 2.05) is 43.4 Å². The summed E-state index contributed by atoms with van der Waals surface area (Å²) in [6, 6.07) is 20.5. The van der Waals surface area contributed by atoms with Crippen molar-refractivity contribution in [1.29, 1.82) is 0 Å². The zero-order chi connectivity index (χ0) is 13.1. The first-order valence-electron chi connectivity index (χ1n) is 6.27. The van der Waals surface area contributed by atoms with Crippen LogP contribution in [0.25, 0.3) is 22.4 Å². The predicted molar refractivity (Wildman–Crippen MR) is 79.0 cm³/mol. The van der Waals surface area contributed by atoms with Gasteiger partial charge in [-0.1, -0.05) is 60.7 Å². The molecule has 0 aliphatic carbocycles. The van der Waals surface area contributed by atoms with Crippen LogP contribution in [0.3, 0.4) is 0 Å². The van der Waals surface area contributed by atoms with E-state index < -0.39 is 0 Å². The molecule has 0 atom stereocenters. The van der Waals surface area contributed by atoms with Crippen molar-refractivity contribution >= 4 is 5.82 Å². The van der Waals surface area contributed by atoms with Gasteiger partial charge in [-0.05, 0) is 5.56 Å². The topological polar surface area (TPSA) is 40.7 Å². The van der Waals surface area contributed by atoms with Crippen LogP contribution in [0.2, 0.25) is 0 Å². The minimum absolute atomic E-state index is 0.935. The molecule has 0 saturated heterocycles. The van der Waals surface area contributed by atoms with Gasteiger partial charge >= 0.3 is 0 Å². The van der Waals surface area contributed by atoms with Crippen molar-refractivity contribution in [1.82, 2.24) is 10.2 Å². The van der Waals surface area contributed by atoms with Crippen LogP contribution in [0.1, 0.15) is 0 Å². The van der Waals surface area contributed by atoms with E-state index in [2.05, 4.69) is 39.8 Å². The van der Waals surface area contributed by atoms with E-state index in [-0.39, 0.29) is 0 Å². The average molecular weight is 249 g/mol. The molecule has 0 amide bonds. The van der Waals surface area contributed by atoms with Gasteiger partial charge in [0.05, 0.1) is 5.56 Å². The van der Waals surface area contributed by atoms with Crippen LogP contribution in [0.15, 0.2) is 60.7 Å². The fourth-order valence-electron chi connectivity index (χ4n) is 2.21. The van der Waals surface area contributed by atoms with Gasteiger partial charge in [0.1, 0.15) is 11.5 Å². The molecule has 0 radical (unpaired) electrons. The quantitative estimate of drug-likeness (QED) is 0.741. The highest BCUT2D eigenvalue weighted by molar-refractivity contribution is 5.88. The van der Waals surface area contributed by atoms with Gasteiger partial charge in [0, 0.05) is 12.6 Å². The Balaban J connectivity index is 2.20. The zero-order valence-corrected chi connectivity index (χ0v) is 10.7. The molecule has 0 bridgehead atoms. The predicted octanol–water partition coefficient (Wildman–Crippen LogP) is 3.79. The highest BCUT2D eigenvalue weighted by Crippen LogP contribution is 2.35. The Bertz CT molecular complexity index is 657. The molecule has 0 spiro atoms. The van der Waals surface area contributed by atoms with Crippen LogP contribution < -0.4 is 5.32 Å². The summed E-state index contributed by atoms with van der Waals surface area (Å²) in [6.07, 6.45) is 0. The van der Waals surface area contributed by atoms with Crippen molar-refractivity contribution in [2.75, 3.05) is 12.4 Å². The minimum atomic E-state index is 0.935. The van der Waals surface area contributed by atoms with Crippen LogP contribution in [-0.2, 0) is 0 Å². The fraction of sp³-hybridized carbons (Fsp3) is 0.0625. The standard InChI is InChI=1S/C16H15N3/c1-17-16-14(12-8-4-2-5-9-12)15(18-19-16)13-10-6-3-7-11-13/h2-11H,1H3,(H2,17,18,19). The number of nitrogens with one attached hydrogen (secondary N) is 2. The number of aromatic nitrogens is 2. The number of hydrogen-bond donors (Lipinski definition) is 2. The van der Waals surface area contributed by atoms with Gasteiger partial charge in [-0.2, -0.15) is 5.10 Å². The molecular formula is C16H15N3. The average Bonchev–Trinajstić information content (AvgIpc) is 2.93. The Morgan fingerprint density at radius 1 is 0.842 bits per heavy atom. The van der Waals surface area contributed by atoms with Crippen molar-refractivity contribution in [3.63, 3.8) is 0 Å². The Hall–Kier alpha value is -2.55. The van der Waals surface area contributed by atoms with Gasteiger partial charge in [-0.3, -0.25) is 5.10 Å². The summed E-state index contributed by atoms with van der Waals surface area (Å²) >= 11 is 0. The molecule has 3 nitrogen and oxygen atoms in total. The molecule has 0 aliphatic heterocycles. The number of H-pyrrole nitrogens is 1. The molecule has 3 rings (SSSR count). The van der Waals surface area contributed by atoms with Crippen LogP contribution in [0, 0.1) is 0 Å². The molecule has 0 aliphatic rings. The summed E-state index contributed by atoms with van der Waals surface area (Å²) in [4.78, 5) is 0. The molecule has 0 fully saturated rings. The summed E-state index contributed by atoms with van der Waals surface area (Å²) in [5.41, 5.74) is 4.34. The maximum Gasteiger partial charge on any atom is 0.129 e. The number of benzene rings is 2. The number of anilines is 1. The SMILES string of the molecule is CNc1[nH]nc(-c2ccccc2)c1-c1ccccc1. The Morgan fingerprint density at radius 2 is 1.42 bits per heavy atom. The smallest absolute Gasteiger partial charge is 0.129 e. The lowest BCUT2D eigenvalue weighted by Gasteiger charge is -2.05. The summed E-state index contributed by atoms with van der Waals surface area (Å²) in [6.45, 7) is 0. The van der Waals surface area contributed by atoms with Crippen molar-refractivity contribution in [3.8, 4) is 22.4 Å². The number of hydrogen-bond acceptors (Lipinski definition) is 2. The van der Waals surface area contributed by atoms with E-state index in [4.69, 9.17) is 0 Å². The molecule has 3 aromatic rings. The van der Waals surface area contributed by atoms with E-state index >= 15 is 0 Å². The first-order valence-corrected chi connectivity index (χ1v) is 6.27. The van der Waals surface area contributed by atoms with Gasteiger partial charge in [-0.25, -0.2) is 0 Å². The van der Waals surface area contributed by atoms with E-state index in [0.29, 0.717) is 0 Å². The van der Waals surface area contributed by atoms with Crippen LogP contribution in [0.5, 0.6) is 0 Å². The van der Waals surface area contributed by atoms with Gasteiger partial charge in [0.15, 0.2) is 0 Å². The van der Waals surface area contributed by atoms with Gasteiger partial charge in [0.25, 0.3) is 0 Å². The summed E-state index contributed by atoms with van der Waals surface area (Å²) < 4.78 is 0. The third-order valence-electron chi connectivity index (χ3n) is 3.13.